The van der Waals surface area contributed by atoms with Crippen LogP contribution in [0.4, 0.5) is 0 Å². The number of methoxy groups -OCH3 is 1. The van der Waals surface area contributed by atoms with Crippen LogP contribution < -0.4 is 0 Å². The zero-order chi connectivity index (χ0) is 17.0. The van der Waals surface area contributed by atoms with E-state index in [1.54, 1.807) is 18.2 Å². The van der Waals surface area contributed by atoms with E-state index in [4.69, 9.17) is 0 Å². The van der Waals surface area contributed by atoms with Crippen molar-refractivity contribution in [1.82, 2.24) is 0 Å². The first kappa shape index (κ1) is 17.2. The van der Waals surface area contributed by atoms with E-state index < -0.39 is 16.1 Å². The average molecular weight is 353 g/mol. The van der Waals surface area contributed by atoms with Gasteiger partial charge < -0.3 is 4.74 Å². The lowest BCUT2D eigenvalue weighted by atomic mass is 10.2. The molecule has 1 aromatic carbocycles. The highest BCUT2D eigenvalue weighted by Crippen LogP contribution is 2.18. The molecule has 2 aromatic rings. The number of esters is 1. The molecule has 0 aliphatic carbocycles. The first-order valence-corrected chi connectivity index (χ1v) is 8.84. The Kier molecular flexibility index (Phi) is 5.17. The van der Waals surface area contributed by atoms with Crippen LogP contribution in [0, 0.1) is 13.8 Å². The summed E-state index contributed by atoms with van der Waals surface area (Å²) < 4.78 is 33.5. The van der Waals surface area contributed by atoms with Crippen LogP contribution in [0.1, 0.15) is 16.0 Å². The number of rotatable bonds is 5. The Labute approximate surface area is 138 Å². The monoisotopic (exact) mass is 353 g/mol. The Balaban J connectivity index is 2.33. The summed E-state index contributed by atoms with van der Waals surface area (Å²) in [4.78, 5) is 12.2. The van der Waals surface area contributed by atoms with Gasteiger partial charge in [-0.2, -0.15) is 8.42 Å². The molecule has 0 atom stereocenters. The maximum Gasteiger partial charge on any atom is 0.361 e. The van der Waals surface area contributed by atoms with E-state index in [2.05, 4.69) is 14.2 Å². The number of ether oxygens (including phenoxy) is 1. The molecule has 2 rings (SSSR count). The molecule has 0 amide bonds. The van der Waals surface area contributed by atoms with E-state index in [1.807, 2.05) is 19.2 Å². The summed E-state index contributed by atoms with van der Waals surface area (Å²) in [6.45, 7) is 3.68. The highest BCUT2D eigenvalue weighted by Gasteiger charge is 2.21. The van der Waals surface area contributed by atoms with Crippen molar-refractivity contribution in [2.75, 3.05) is 7.11 Å². The van der Waals surface area contributed by atoms with E-state index in [-0.39, 0.29) is 10.6 Å². The minimum Gasteiger partial charge on any atom is -0.464 e. The van der Waals surface area contributed by atoms with Gasteiger partial charge in [-0.25, -0.2) is 4.79 Å². The van der Waals surface area contributed by atoms with Crippen molar-refractivity contribution < 1.29 is 22.2 Å². The third-order valence-corrected chi connectivity index (χ3v) is 5.05. The maximum atomic E-state index is 12.1. The van der Waals surface area contributed by atoms with Crippen LogP contribution in [-0.2, 0) is 23.9 Å². The van der Waals surface area contributed by atoms with Gasteiger partial charge in [0.2, 0.25) is 5.71 Å². The van der Waals surface area contributed by atoms with Gasteiger partial charge in [-0.05, 0) is 43.0 Å². The Morgan fingerprint density at radius 1 is 1.13 bits per heavy atom. The van der Waals surface area contributed by atoms with E-state index in [1.165, 1.54) is 30.6 Å². The van der Waals surface area contributed by atoms with Gasteiger partial charge in [0.15, 0.2) is 0 Å². The molecular formula is C15H15NO5S2. The number of nitrogens with zero attached hydrogens (tertiary/aromatic N) is 1. The molecule has 0 aliphatic rings. The van der Waals surface area contributed by atoms with Gasteiger partial charge in [0.1, 0.15) is 4.90 Å². The molecule has 0 spiro atoms. The molecule has 1 heterocycles. The van der Waals surface area contributed by atoms with Gasteiger partial charge in [-0.1, -0.05) is 22.9 Å². The third kappa shape index (κ3) is 4.17. The molecule has 0 N–H and O–H groups in total. The molecule has 0 fully saturated rings. The van der Waals surface area contributed by atoms with Crippen LogP contribution in [0.2, 0.25) is 0 Å². The molecule has 1 aromatic heterocycles. The van der Waals surface area contributed by atoms with Crippen LogP contribution in [0.5, 0.6) is 0 Å². The zero-order valence-corrected chi connectivity index (χ0v) is 14.4. The Bertz CT molecular complexity index is 835. The third-order valence-electron chi connectivity index (χ3n) is 2.88. The number of carbonyl (C=O) groups is 1. The van der Waals surface area contributed by atoms with E-state index in [0.717, 1.165) is 11.1 Å². The van der Waals surface area contributed by atoms with Crippen molar-refractivity contribution in [3.05, 3.63) is 51.7 Å². The molecule has 122 valence electrons. The van der Waals surface area contributed by atoms with Crippen molar-refractivity contribution in [1.29, 1.82) is 0 Å². The lowest BCUT2D eigenvalue weighted by molar-refractivity contribution is -0.132. The van der Waals surface area contributed by atoms with Crippen LogP contribution in [0.25, 0.3) is 0 Å². The summed E-state index contributed by atoms with van der Waals surface area (Å²) in [5.74, 6) is -0.772. The number of oxime groups is 1. The highest BCUT2D eigenvalue weighted by molar-refractivity contribution is 7.86. The number of benzene rings is 1. The fourth-order valence-corrected chi connectivity index (χ4v) is 3.26. The average Bonchev–Trinajstić information content (AvgIpc) is 2.93. The maximum absolute atomic E-state index is 12.1. The number of aryl methyl sites for hydroxylation is 2. The molecule has 0 aliphatic heterocycles. The molecule has 0 saturated carbocycles. The number of hydrogen-bond acceptors (Lipinski definition) is 7. The molecule has 6 nitrogen and oxygen atoms in total. The summed E-state index contributed by atoms with van der Waals surface area (Å²) >= 11 is 1.24. The van der Waals surface area contributed by atoms with Crippen molar-refractivity contribution in [3.8, 4) is 0 Å². The normalized spacial score (nSPS) is 12.0. The lowest BCUT2D eigenvalue weighted by Crippen LogP contribution is -2.17. The lowest BCUT2D eigenvalue weighted by Gasteiger charge is -2.04. The van der Waals surface area contributed by atoms with Crippen molar-refractivity contribution in [2.45, 2.75) is 18.7 Å². The number of thiophene rings is 1. The zero-order valence-electron chi connectivity index (χ0n) is 12.8. The van der Waals surface area contributed by atoms with Gasteiger partial charge in [-0.15, -0.1) is 11.3 Å². The van der Waals surface area contributed by atoms with Crippen molar-refractivity contribution >= 4 is 33.1 Å². The second kappa shape index (κ2) is 6.93. The minimum atomic E-state index is -4.11. The van der Waals surface area contributed by atoms with Crippen LogP contribution in [0.15, 0.2) is 45.8 Å². The van der Waals surface area contributed by atoms with Gasteiger partial charge in [0.05, 0.1) is 12.0 Å². The summed E-state index contributed by atoms with van der Waals surface area (Å²) in [6, 6.07) is 7.80. The summed E-state index contributed by atoms with van der Waals surface area (Å²) in [5, 5.41) is 5.32. The topological polar surface area (TPSA) is 82.0 Å². The summed E-state index contributed by atoms with van der Waals surface area (Å²) in [7, 11) is -2.92. The molecule has 8 heteroatoms. The standard InChI is InChI=1S/C15H15NO5S2/c1-10-4-6-12(7-5-10)23(18,19)21-16-14(15(17)20-3)13-8-11(2)9-22-13/h4-9H,1-3H3. The van der Waals surface area contributed by atoms with Crippen molar-refractivity contribution in [3.63, 3.8) is 0 Å². The fourth-order valence-electron chi connectivity index (χ4n) is 1.67. The van der Waals surface area contributed by atoms with Gasteiger partial charge in [-0.3, -0.25) is 4.28 Å². The summed E-state index contributed by atoms with van der Waals surface area (Å²) in [5.41, 5.74) is 1.64. The Morgan fingerprint density at radius 3 is 2.30 bits per heavy atom. The quantitative estimate of drug-likeness (QED) is 0.469. The Morgan fingerprint density at radius 2 is 1.78 bits per heavy atom. The SMILES string of the molecule is COC(=O)C(=NOS(=O)(=O)c1ccc(C)cc1)c1cc(C)cs1. The molecule has 0 saturated heterocycles. The predicted molar refractivity (Wildman–Crippen MR) is 87.1 cm³/mol. The number of carbonyl (C=O) groups excluding carboxylic acids is 1. The first-order chi connectivity index (χ1) is 10.8. The summed E-state index contributed by atoms with van der Waals surface area (Å²) in [6.07, 6.45) is 0. The highest BCUT2D eigenvalue weighted by atomic mass is 32.2. The van der Waals surface area contributed by atoms with Gasteiger partial charge in [0, 0.05) is 0 Å². The molecular weight excluding hydrogens is 338 g/mol. The second-order valence-corrected chi connectivity index (χ2v) is 7.20. The molecule has 23 heavy (non-hydrogen) atoms. The first-order valence-electron chi connectivity index (χ1n) is 6.55. The second-order valence-electron chi connectivity index (χ2n) is 4.76. The fraction of sp³-hybridized carbons (Fsp3) is 0.200. The van der Waals surface area contributed by atoms with Crippen molar-refractivity contribution in [2.24, 2.45) is 5.16 Å². The van der Waals surface area contributed by atoms with E-state index in [0.29, 0.717) is 4.88 Å². The number of hydrogen-bond donors (Lipinski definition) is 0. The van der Waals surface area contributed by atoms with E-state index >= 15 is 0 Å². The van der Waals surface area contributed by atoms with Gasteiger partial charge in [0.25, 0.3) is 0 Å². The Hall–Kier alpha value is -2.19. The molecule has 0 unspecified atom stereocenters. The van der Waals surface area contributed by atoms with Gasteiger partial charge >= 0.3 is 16.1 Å². The van der Waals surface area contributed by atoms with Crippen LogP contribution >= 0.6 is 11.3 Å². The smallest absolute Gasteiger partial charge is 0.361 e. The predicted octanol–water partition coefficient (Wildman–Crippen LogP) is 2.65. The minimum absolute atomic E-state index is 0.0431. The van der Waals surface area contributed by atoms with Crippen LogP contribution in [0.3, 0.4) is 0 Å². The molecule has 0 radical (unpaired) electrons. The van der Waals surface area contributed by atoms with E-state index in [9.17, 15) is 13.2 Å². The largest absolute Gasteiger partial charge is 0.464 e. The molecule has 0 bridgehead atoms. The van der Waals surface area contributed by atoms with Crippen LogP contribution in [-0.4, -0.2) is 27.2 Å².